The molecular weight excluding hydrogens is 744 g/mol. The van der Waals surface area contributed by atoms with Crippen molar-refractivity contribution in [2.75, 3.05) is 10.6 Å². The molecule has 0 spiro atoms. The number of halogens is 4. The molecule has 0 bridgehead atoms. The largest absolute Gasteiger partial charge is 0.311 e. The zero-order valence-corrected chi connectivity index (χ0v) is 30.6. The quantitative estimate of drug-likeness (QED) is 0.161. The molecule has 3 saturated carbocycles. The van der Waals surface area contributed by atoms with Gasteiger partial charge in [-0.1, -0.05) is 0 Å². The van der Waals surface area contributed by atoms with E-state index in [1.54, 1.807) is 49.1 Å². The molecule has 0 aromatic carbocycles. The van der Waals surface area contributed by atoms with Crippen molar-refractivity contribution in [1.82, 2.24) is 29.1 Å². The molecule has 0 radical (unpaired) electrons. The first kappa shape index (κ1) is 36.3. The van der Waals surface area contributed by atoms with Gasteiger partial charge in [-0.15, -0.1) is 0 Å². The summed E-state index contributed by atoms with van der Waals surface area (Å²) in [6.07, 6.45) is 8.57. The van der Waals surface area contributed by atoms with Crippen molar-refractivity contribution in [2.45, 2.75) is 51.2 Å². The van der Waals surface area contributed by atoms with Crippen molar-refractivity contribution in [1.29, 1.82) is 0 Å². The molecule has 3 unspecified atom stereocenters. The topological polar surface area (TPSA) is 154 Å². The van der Waals surface area contributed by atoms with E-state index in [2.05, 4.69) is 30.6 Å². The summed E-state index contributed by atoms with van der Waals surface area (Å²) < 4.78 is 58.1. The van der Waals surface area contributed by atoms with Gasteiger partial charge in [-0.05, 0) is 67.3 Å². The maximum absolute atomic E-state index is 14.6. The molecule has 6 aromatic heterocycles. The van der Waals surface area contributed by atoms with Gasteiger partial charge in [-0.3, -0.25) is 29.1 Å². The zero-order chi connectivity index (χ0) is 39.9. The van der Waals surface area contributed by atoms with Crippen LogP contribution in [0.25, 0.3) is 44.1 Å². The van der Waals surface area contributed by atoms with Gasteiger partial charge in [0, 0.05) is 96.2 Å². The first-order valence-electron chi connectivity index (χ1n) is 18.5. The number of anilines is 2. The van der Waals surface area contributed by atoms with E-state index in [1.165, 1.54) is 29.2 Å². The van der Waals surface area contributed by atoms with Gasteiger partial charge in [0.2, 0.25) is 11.8 Å². The molecule has 6 aromatic rings. The smallest absolute Gasteiger partial charge is 0.260 e. The molecule has 3 fully saturated rings. The maximum Gasteiger partial charge on any atom is 0.260 e. The Hall–Kier alpha value is -6.32. The van der Waals surface area contributed by atoms with Crippen LogP contribution in [0.15, 0.2) is 77.1 Å². The van der Waals surface area contributed by atoms with Gasteiger partial charge in [0.05, 0.1) is 23.1 Å². The fourth-order valence-corrected chi connectivity index (χ4v) is 7.62. The number of pyridine rings is 6. The second-order valence-electron chi connectivity index (χ2n) is 15.3. The molecule has 5 atom stereocenters. The van der Waals surface area contributed by atoms with Crippen LogP contribution in [0.4, 0.5) is 29.2 Å². The lowest BCUT2D eigenvalue weighted by atomic mass is 9.97. The number of carbonyl (C=O) groups is 2. The number of aromatic nitrogens is 6. The van der Waals surface area contributed by atoms with Crippen molar-refractivity contribution in [2.24, 2.45) is 30.7 Å². The molecule has 3 aliphatic rings. The highest BCUT2D eigenvalue weighted by Crippen LogP contribution is 2.49. The Balaban J connectivity index is 1.00. The molecule has 16 heteroatoms. The highest BCUT2D eigenvalue weighted by Gasteiger charge is 2.61. The number of nitrogens with zero attached hydrogens (tertiary/aromatic N) is 6. The first-order valence-corrected chi connectivity index (χ1v) is 18.5. The molecule has 290 valence electrons. The summed E-state index contributed by atoms with van der Waals surface area (Å²) >= 11 is 0. The van der Waals surface area contributed by atoms with Crippen LogP contribution >= 0.6 is 0 Å². The summed E-state index contributed by atoms with van der Waals surface area (Å²) in [7, 11) is 1.58. The summed E-state index contributed by atoms with van der Waals surface area (Å²) in [5.41, 5.74) is 2.97. The molecular formula is C41H34F4N8O4. The van der Waals surface area contributed by atoms with Crippen LogP contribution < -0.4 is 21.8 Å². The van der Waals surface area contributed by atoms with E-state index < -0.39 is 48.0 Å². The van der Waals surface area contributed by atoms with Gasteiger partial charge in [-0.25, -0.2) is 27.5 Å². The summed E-state index contributed by atoms with van der Waals surface area (Å²) in [5.74, 6) is -6.62. The number of fused-ring (bicyclic) bond motifs is 2. The SMILES string of the molecule is Cc1c(F)cncc1-c1cc2cnc(NC(=O)[C@H]3C[C@@H]3F)cc2n(CC2CC2Cc2ccncc2-c2cc3cnc(NC(=O)C4CC4(F)F)cc3n(C)c2=O)c1=O. The number of nitrogens with one attached hydrogen (secondary N) is 2. The number of rotatable bonds is 10. The van der Waals surface area contributed by atoms with E-state index in [4.69, 9.17) is 0 Å². The molecule has 6 heterocycles. The standard InChI is InChI=1S/C41H34F4N8O4/c1-19-28(15-47-17-32(19)43)25-8-23-14-49-36(50-37(54)27-9-31(27)42)11-34(23)53(40(25)57)18-24-6-21(24)5-20-3-4-46-16-29(20)26-7-22-13-48-35(10-33(22)52(2)39(26)56)51-38(55)30-12-41(30,44)45/h3-4,7-8,10-11,13-17,21,24,27,30-31H,5-6,9,12,18H2,1-2H3,(H,48,51,55)(H,49,50,54)/t21?,24?,27-,30?,31-/m0/s1. The third-order valence-corrected chi connectivity index (χ3v) is 11.4. The van der Waals surface area contributed by atoms with Crippen LogP contribution in [0, 0.1) is 36.4 Å². The lowest BCUT2D eigenvalue weighted by Gasteiger charge is -2.16. The number of alkyl halides is 3. The monoisotopic (exact) mass is 778 g/mol. The Morgan fingerprint density at radius 3 is 2.14 bits per heavy atom. The third kappa shape index (κ3) is 6.72. The average Bonchev–Trinajstić information content (AvgIpc) is 4.15. The fourth-order valence-electron chi connectivity index (χ4n) is 7.62. The minimum atomic E-state index is -3.02. The summed E-state index contributed by atoms with van der Waals surface area (Å²) in [5, 5.41) is 6.25. The van der Waals surface area contributed by atoms with E-state index in [0.29, 0.717) is 51.5 Å². The third-order valence-electron chi connectivity index (χ3n) is 11.4. The van der Waals surface area contributed by atoms with E-state index in [0.717, 1.165) is 18.2 Å². The Kier molecular flexibility index (Phi) is 8.55. The van der Waals surface area contributed by atoms with Crippen molar-refractivity contribution in [3.05, 3.63) is 105 Å². The fraction of sp³-hybridized carbons (Fsp3) is 0.317. The predicted octanol–water partition coefficient (Wildman–Crippen LogP) is 5.98. The van der Waals surface area contributed by atoms with Crippen LogP contribution in [0.3, 0.4) is 0 Å². The van der Waals surface area contributed by atoms with Crippen LogP contribution in [0.5, 0.6) is 0 Å². The predicted molar refractivity (Wildman–Crippen MR) is 203 cm³/mol. The number of amides is 2. The van der Waals surface area contributed by atoms with Crippen LogP contribution in [0.2, 0.25) is 0 Å². The average molecular weight is 779 g/mol. The second-order valence-corrected chi connectivity index (χ2v) is 15.3. The van der Waals surface area contributed by atoms with E-state index in [9.17, 15) is 36.7 Å². The van der Waals surface area contributed by atoms with Crippen molar-refractivity contribution >= 4 is 45.3 Å². The Labute approximate surface area is 321 Å². The van der Waals surface area contributed by atoms with Gasteiger partial charge in [0.15, 0.2) is 0 Å². The summed E-state index contributed by atoms with van der Waals surface area (Å²) in [6.45, 7) is 1.87. The Morgan fingerprint density at radius 1 is 0.825 bits per heavy atom. The van der Waals surface area contributed by atoms with Gasteiger partial charge in [0.25, 0.3) is 17.0 Å². The molecule has 2 N–H and O–H groups in total. The van der Waals surface area contributed by atoms with Crippen LogP contribution in [-0.4, -0.2) is 53.0 Å². The molecule has 3 aliphatic carbocycles. The van der Waals surface area contributed by atoms with Gasteiger partial charge in [0.1, 0.15) is 29.5 Å². The minimum Gasteiger partial charge on any atom is -0.311 e. The molecule has 9 rings (SSSR count). The molecule has 0 aliphatic heterocycles. The Bertz CT molecular complexity index is 2810. The van der Waals surface area contributed by atoms with Gasteiger partial charge >= 0.3 is 0 Å². The van der Waals surface area contributed by atoms with Crippen LogP contribution in [0.1, 0.15) is 30.4 Å². The summed E-state index contributed by atoms with van der Waals surface area (Å²) in [6, 6.07) is 8.25. The van der Waals surface area contributed by atoms with E-state index in [-0.39, 0.29) is 52.1 Å². The lowest BCUT2D eigenvalue weighted by molar-refractivity contribution is -0.119. The van der Waals surface area contributed by atoms with Gasteiger partial charge < -0.3 is 19.8 Å². The van der Waals surface area contributed by atoms with Crippen molar-refractivity contribution in [3.8, 4) is 22.3 Å². The molecule has 2 amide bonds. The van der Waals surface area contributed by atoms with E-state index in [1.807, 2.05) is 6.07 Å². The number of aryl methyl sites for hydroxylation is 1. The second kappa shape index (κ2) is 13.4. The number of carbonyl (C=O) groups excluding carboxylic acids is 2. The van der Waals surface area contributed by atoms with Crippen molar-refractivity contribution in [3.63, 3.8) is 0 Å². The van der Waals surface area contributed by atoms with E-state index >= 15 is 0 Å². The zero-order valence-electron chi connectivity index (χ0n) is 30.6. The van der Waals surface area contributed by atoms with Gasteiger partial charge in [-0.2, -0.15) is 0 Å². The first-order chi connectivity index (χ1) is 27.3. The molecule has 0 saturated heterocycles. The van der Waals surface area contributed by atoms with Crippen LogP contribution in [-0.2, 0) is 29.6 Å². The Morgan fingerprint density at radius 2 is 1.46 bits per heavy atom. The minimum absolute atomic E-state index is 0.0340. The maximum atomic E-state index is 14.6. The number of hydrogen-bond acceptors (Lipinski definition) is 8. The number of hydrogen-bond donors (Lipinski definition) is 2. The molecule has 57 heavy (non-hydrogen) atoms. The molecule has 12 nitrogen and oxygen atoms in total. The summed E-state index contributed by atoms with van der Waals surface area (Å²) in [4.78, 5) is 69.8. The lowest BCUT2D eigenvalue weighted by Crippen LogP contribution is -2.24. The highest BCUT2D eigenvalue weighted by molar-refractivity contribution is 5.97. The normalized spacial score (nSPS) is 21.7. The highest BCUT2D eigenvalue weighted by atomic mass is 19.3. The van der Waals surface area contributed by atoms with Crippen molar-refractivity contribution < 1.29 is 27.2 Å².